The van der Waals surface area contributed by atoms with Gasteiger partial charge in [-0.05, 0) is 38.8 Å². The Labute approximate surface area is 151 Å². The number of hydrogen-bond donors (Lipinski definition) is 4. The maximum Gasteiger partial charge on any atom is 0.290 e. The Morgan fingerprint density at radius 3 is 2.50 bits per heavy atom. The molecule has 3 rings (SSSR count). The first-order valence-electron chi connectivity index (χ1n) is 8.26. The number of carbonyl (C=O) groups is 3. The molecule has 0 radical (unpaired) electrons. The van der Waals surface area contributed by atoms with Crippen molar-refractivity contribution in [2.45, 2.75) is 32.7 Å². The normalized spacial score (nSPS) is 16.1. The molecule has 4 N–H and O–H groups in total. The lowest BCUT2D eigenvalue weighted by molar-refractivity contribution is -0.124. The molecule has 1 saturated heterocycles. The maximum absolute atomic E-state index is 12.3. The molecule has 1 fully saturated rings. The largest absolute Gasteiger partial charge is 0.483 e. The van der Waals surface area contributed by atoms with Gasteiger partial charge < -0.3 is 20.7 Å². The highest BCUT2D eigenvalue weighted by Gasteiger charge is 2.24. The molecule has 26 heavy (non-hydrogen) atoms. The van der Waals surface area contributed by atoms with Crippen LogP contribution in [0, 0.1) is 13.8 Å². The Morgan fingerprint density at radius 1 is 1.31 bits per heavy atom. The molecule has 0 spiro atoms. The van der Waals surface area contributed by atoms with Crippen LogP contribution in [0.5, 0.6) is 0 Å². The average molecular weight is 358 g/mol. The van der Waals surface area contributed by atoms with E-state index >= 15 is 0 Å². The number of aryl methyl sites for hydroxylation is 2. The summed E-state index contributed by atoms with van der Waals surface area (Å²) in [7, 11) is 0. The van der Waals surface area contributed by atoms with Crippen molar-refractivity contribution in [2.24, 2.45) is 0 Å². The molecule has 2 heterocycles. The van der Waals surface area contributed by atoms with E-state index in [1.165, 1.54) is 0 Å². The number of rotatable bonds is 3. The van der Waals surface area contributed by atoms with E-state index in [9.17, 15) is 9.59 Å². The summed E-state index contributed by atoms with van der Waals surface area (Å²) in [5, 5.41) is 12.4. The maximum atomic E-state index is 12.3. The van der Waals surface area contributed by atoms with E-state index in [2.05, 4.69) is 20.6 Å². The van der Waals surface area contributed by atoms with Gasteiger partial charge in [0.1, 0.15) is 11.9 Å². The molecule has 1 aliphatic rings. The number of imidazole rings is 1. The standard InChI is InChI=1S/C17H20N4O2.CH2O2/c1-10-15(20-11(2)19-10)12-5-7-13(8-6-12)16(22)21-14-4-3-9-18-17(14)23;2-1-3/h5-8,14H,3-4,9H2,1-2H3,(H,18,23)(H,19,20)(H,21,22);1H,(H,2,3). The Hall–Kier alpha value is -3.16. The average Bonchev–Trinajstić information content (AvgIpc) is 2.96. The highest BCUT2D eigenvalue weighted by Crippen LogP contribution is 2.21. The Kier molecular flexibility index (Phi) is 6.48. The molecule has 0 aliphatic carbocycles. The van der Waals surface area contributed by atoms with E-state index in [4.69, 9.17) is 9.90 Å². The summed E-state index contributed by atoms with van der Waals surface area (Å²) < 4.78 is 0. The van der Waals surface area contributed by atoms with Crippen molar-refractivity contribution in [1.82, 2.24) is 20.6 Å². The third-order valence-corrected chi connectivity index (χ3v) is 4.01. The third-order valence-electron chi connectivity index (χ3n) is 4.01. The second-order valence-corrected chi connectivity index (χ2v) is 5.94. The summed E-state index contributed by atoms with van der Waals surface area (Å²) in [5.74, 6) is 0.528. The number of benzene rings is 1. The number of aromatic nitrogens is 2. The van der Waals surface area contributed by atoms with Crippen molar-refractivity contribution >= 4 is 18.3 Å². The number of piperidine rings is 1. The van der Waals surface area contributed by atoms with Crippen LogP contribution in [0.2, 0.25) is 0 Å². The van der Waals surface area contributed by atoms with Gasteiger partial charge in [0, 0.05) is 23.4 Å². The van der Waals surface area contributed by atoms with Crippen molar-refractivity contribution in [3.63, 3.8) is 0 Å². The molecule has 1 atom stereocenters. The molecule has 0 saturated carbocycles. The SMILES string of the molecule is Cc1nc(-c2ccc(C(=O)NC3CCCNC3=O)cc2)c(C)[nH]1.O=CO. The quantitative estimate of drug-likeness (QED) is 0.618. The lowest BCUT2D eigenvalue weighted by Crippen LogP contribution is -2.50. The second kappa shape index (κ2) is 8.80. The zero-order valence-electron chi connectivity index (χ0n) is 14.7. The summed E-state index contributed by atoms with van der Waals surface area (Å²) in [6.07, 6.45) is 1.56. The molecule has 2 amide bonds. The molecule has 8 heteroatoms. The molecule has 2 aromatic rings. The van der Waals surface area contributed by atoms with Gasteiger partial charge in [0.2, 0.25) is 5.91 Å². The fourth-order valence-electron chi connectivity index (χ4n) is 2.82. The topological polar surface area (TPSA) is 124 Å². The van der Waals surface area contributed by atoms with E-state index in [-0.39, 0.29) is 18.3 Å². The zero-order chi connectivity index (χ0) is 19.1. The number of H-pyrrole nitrogens is 1. The van der Waals surface area contributed by atoms with Crippen LogP contribution in [0.4, 0.5) is 0 Å². The number of nitrogens with one attached hydrogen (secondary N) is 3. The number of amides is 2. The van der Waals surface area contributed by atoms with Crippen molar-refractivity contribution < 1.29 is 19.5 Å². The van der Waals surface area contributed by atoms with E-state index in [0.717, 1.165) is 29.2 Å². The Bertz CT molecular complexity index is 783. The van der Waals surface area contributed by atoms with Gasteiger partial charge in [-0.15, -0.1) is 0 Å². The van der Waals surface area contributed by atoms with Gasteiger partial charge >= 0.3 is 0 Å². The molecular weight excluding hydrogens is 336 g/mol. The molecule has 8 nitrogen and oxygen atoms in total. The van der Waals surface area contributed by atoms with Gasteiger partial charge in [-0.1, -0.05) is 12.1 Å². The second-order valence-electron chi connectivity index (χ2n) is 5.94. The summed E-state index contributed by atoms with van der Waals surface area (Å²) in [4.78, 5) is 39.9. The predicted molar refractivity (Wildman–Crippen MR) is 95.7 cm³/mol. The summed E-state index contributed by atoms with van der Waals surface area (Å²) in [6, 6.07) is 6.83. The zero-order valence-corrected chi connectivity index (χ0v) is 14.7. The fraction of sp³-hybridized carbons (Fsp3) is 0.333. The van der Waals surface area contributed by atoms with Crippen molar-refractivity contribution in [3.8, 4) is 11.3 Å². The molecule has 138 valence electrons. The smallest absolute Gasteiger partial charge is 0.290 e. The molecule has 1 unspecified atom stereocenters. The summed E-state index contributed by atoms with van der Waals surface area (Å²) >= 11 is 0. The molecule has 1 aliphatic heterocycles. The molecular formula is C18H22N4O4. The van der Waals surface area contributed by atoms with Crippen LogP contribution >= 0.6 is 0 Å². The Morgan fingerprint density at radius 2 is 1.96 bits per heavy atom. The fourth-order valence-corrected chi connectivity index (χ4v) is 2.82. The van der Waals surface area contributed by atoms with Crippen LogP contribution in [0.25, 0.3) is 11.3 Å². The molecule has 1 aromatic heterocycles. The van der Waals surface area contributed by atoms with Crippen LogP contribution < -0.4 is 10.6 Å². The third kappa shape index (κ3) is 4.69. The monoisotopic (exact) mass is 358 g/mol. The van der Waals surface area contributed by atoms with Gasteiger partial charge in [0.15, 0.2) is 0 Å². The number of carboxylic acid groups (broad SMARTS) is 1. The lowest BCUT2D eigenvalue weighted by Gasteiger charge is -2.22. The first-order chi connectivity index (χ1) is 12.5. The minimum Gasteiger partial charge on any atom is -0.483 e. The van der Waals surface area contributed by atoms with Crippen molar-refractivity contribution in [3.05, 3.63) is 41.3 Å². The van der Waals surface area contributed by atoms with E-state index in [0.29, 0.717) is 18.5 Å². The Balaban J connectivity index is 0.000000758. The summed E-state index contributed by atoms with van der Waals surface area (Å²) in [6.45, 7) is 4.31. The van der Waals surface area contributed by atoms with Crippen molar-refractivity contribution in [1.29, 1.82) is 0 Å². The lowest BCUT2D eigenvalue weighted by atomic mass is 10.0. The highest BCUT2D eigenvalue weighted by atomic mass is 16.3. The van der Waals surface area contributed by atoms with Crippen LogP contribution in [-0.2, 0) is 9.59 Å². The highest BCUT2D eigenvalue weighted by molar-refractivity contribution is 5.98. The van der Waals surface area contributed by atoms with Crippen LogP contribution in [0.15, 0.2) is 24.3 Å². The van der Waals surface area contributed by atoms with Gasteiger partial charge in [-0.3, -0.25) is 14.4 Å². The van der Waals surface area contributed by atoms with Crippen LogP contribution in [-0.4, -0.2) is 45.9 Å². The van der Waals surface area contributed by atoms with Gasteiger partial charge in [0.25, 0.3) is 12.4 Å². The van der Waals surface area contributed by atoms with Crippen LogP contribution in [0.3, 0.4) is 0 Å². The minimum absolute atomic E-state index is 0.108. The minimum atomic E-state index is -0.438. The number of aromatic amines is 1. The van der Waals surface area contributed by atoms with Gasteiger partial charge in [0.05, 0.1) is 5.69 Å². The number of hydrogen-bond acceptors (Lipinski definition) is 4. The first kappa shape index (κ1) is 19.2. The first-order valence-corrected chi connectivity index (χ1v) is 8.26. The number of carbonyl (C=O) groups excluding carboxylic acids is 2. The van der Waals surface area contributed by atoms with E-state index in [1.807, 2.05) is 26.0 Å². The predicted octanol–water partition coefficient (Wildman–Crippen LogP) is 1.40. The van der Waals surface area contributed by atoms with Crippen molar-refractivity contribution in [2.75, 3.05) is 6.54 Å². The molecule has 0 bridgehead atoms. The number of nitrogens with zero attached hydrogens (tertiary/aromatic N) is 1. The van der Waals surface area contributed by atoms with Crippen LogP contribution in [0.1, 0.15) is 34.7 Å². The van der Waals surface area contributed by atoms with Gasteiger partial charge in [-0.25, -0.2) is 4.98 Å². The summed E-state index contributed by atoms with van der Waals surface area (Å²) in [5.41, 5.74) is 3.38. The van der Waals surface area contributed by atoms with Gasteiger partial charge in [-0.2, -0.15) is 0 Å². The van der Waals surface area contributed by atoms with E-state index in [1.54, 1.807) is 12.1 Å². The molecule has 1 aromatic carbocycles. The van der Waals surface area contributed by atoms with E-state index < -0.39 is 6.04 Å².